The van der Waals surface area contributed by atoms with E-state index >= 15 is 0 Å². The third-order valence-corrected chi connectivity index (χ3v) is 7.18. The molecule has 4 rings (SSSR count). The SMILES string of the molecule is CCc1ccc(NC(=O)CN2C(=O)S/C(=C/c3cc(Br)ccc3Oc3ccc(C(F)(F)F)cc3[N+](=O)[O-])C2=O)cc1. The number of carbonyl (C=O) groups excluding carboxylic acids is 3. The molecule has 1 aliphatic rings. The Bertz CT molecular complexity index is 1580. The first kappa shape index (κ1) is 29.8. The van der Waals surface area contributed by atoms with E-state index in [0.29, 0.717) is 34.1 Å². The lowest BCUT2D eigenvalue weighted by molar-refractivity contribution is -0.385. The molecule has 1 fully saturated rings. The lowest BCUT2D eigenvalue weighted by atomic mass is 10.1. The van der Waals surface area contributed by atoms with Crippen molar-refractivity contribution in [1.82, 2.24) is 4.90 Å². The van der Waals surface area contributed by atoms with Gasteiger partial charge in [0.05, 0.1) is 15.4 Å². The number of thioether (sulfide) groups is 1. The summed E-state index contributed by atoms with van der Waals surface area (Å²) in [6, 6.07) is 13.3. The largest absolute Gasteiger partial charge is 0.449 e. The van der Waals surface area contributed by atoms with Crippen LogP contribution in [0.1, 0.15) is 23.6 Å². The van der Waals surface area contributed by atoms with Crippen LogP contribution in [-0.4, -0.2) is 33.4 Å². The van der Waals surface area contributed by atoms with E-state index in [2.05, 4.69) is 21.2 Å². The van der Waals surface area contributed by atoms with Crippen LogP contribution in [0, 0.1) is 10.1 Å². The van der Waals surface area contributed by atoms with Crippen molar-refractivity contribution in [3.63, 3.8) is 0 Å². The Balaban J connectivity index is 1.56. The van der Waals surface area contributed by atoms with Crippen LogP contribution in [0.5, 0.6) is 11.5 Å². The van der Waals surface area contributed by atoms with Gasteiger partial charge in [0.1, 0.15) is 12.3 Å². The van der Waals surface area contributed by atoms with Gasteiger partial charge in [0.2, 0.25) is 11.7 Å². The highest BCUT2D eigenvalue weighted by molar-refractivity contribution is 9.10. The molecule has 0 radical (unpaired) electrons. The Morgan fingerprint density at radius 2 is 1.78 bits per heavy atom. The number of nitrogens with one attached hydrogen (secondary N) is 1. The fourth-order valence-corrected chi connectivity index (χ4v) is 4.92. The van der Waals surface area contributed by atoms with Crippen LogP contribution in [-0.2, 0) is 22.2 Å². The second-order valence-corrected chi connectivity index (χ2v) is 10.5. The predicted molar refractivity (Wildman–Crippen MR) is 149 cm³/mol. The second kappa shape index (κ2) is 12.1. The molecule has 0 aliphatic carbocycles. The molecule has 0 aromatic heterocycles. The maximum atomic E-state index is 13.1. The molecular weight excluding hydrogens is 631 g/mol. The number of carbonyl (C=O) groups is 3. The molecule has 0 unspecified atom stereocenters. The summed E-state index contributed by atoms with van der Waals surface area (Å²) in [5, 5.41) is 13.4. The molecule has 1 N–H and O–H groups in total. The standard InChI is InChI=1S/C27H19BrF3N3O6S/c1-2-15-3-7-19(8-4-15)32-24(35)14-33-25(36)23(41-26(33)37)12-16-11-18(28)6-10-21(16)40-22-9-5-17(27(29,30)31)13-20(22)34(38)39/h3-13H,2,14H2,1H3,(H,32,35)/b23-12+. The van der Waals surface area contributed by atoms with Crippen LogP contribution >= 0.6 is 27.7 Å². The molecule has 1 aliphatic heterocycles. The number of anilines is 1. The number of alkyl halides is 3. The minimum absolute atomic E-state index is 0.0314. The van der Waals surface area contributed by atoms with E-state index in [1.807, 2.05) is 19.1 Å². The number of hydrogen-bond acceptors (Lipinski definition) is 7. The Morgan fingerprint density at radius 1 is 1.10 bits per heavy atom. The zero-order chi connectivity index (χ0) is 29.9. The molecule has 3 aromatic rings. The van der Waals surface area contributed by atoms with Crippen molar-refractivity contribution in [2.45, 2.75) is 19.5 Å². The number of halogens is 4. The quantitative estimate of drug-likeness (QED) is 0.153. The van der Waals surface area contributed by atoms with Crippen LogP contribution in [0.4, 0.5) is 29.3 Å². The van der Waals surface area contributed by atoms with Gasteiger partial charge in [-0.3, -0.25) is 29.4 Å². The van der Waals surface area contributed by atoms with Crippen molar-refractivity contribution in [3.05, 3.63) is 96.8 Å². The number of nitro groups is 1. The maximum absolute atomic E-state index is 13.1. The third kappa shape index (κ3) is 7.13. The van der Waals surface area contributed by atoms with E-state index < -0.39 is 51.7 Å². The fourth-order valence-electron chi connectivity index (χ4n) is 3.71. The summed E-state index contributed by atoms with van der Waals surface area (Å²) in [5.74, 6) is -1.82. The summed E-state index contributed by atoms with van der Waals surface area (Å²) in [4.78, 5) is 49.3. The van der Waals surface area contributed by atoms with Crippen molar-refractivity contribution in [2.24, 2.45) is 0 Å². The summed E-state index contributed by atoms with van der Waals surface area (Å²) >= 11 is 3.85. The summed E-state index contributed by atoms with van der Waals surface area (Å²) in [5.41, 5.74) is -0.363. The minimum Gasteiger partial charge on any atom is -0.449 e. The molecular formula is C27H19BrF3N3O6S. The summed E-state index contributed by atoms with van der Waals surface area (Å²) in [6.45, 7) is 1.46. The molecule has 3 aromatic carbocycles. The zero-order valence-electron chi connectivity index (χ0n) is 21.0. The molecule has 0 saturated carbocycles. The normalized spacial score (nSPS) is 14.5. The lowest BCUT2D eigenvalue weighted by Crippen LogP contribution is -2.36. The van der Waals surface area contributed by atoms with Gasteiger partial charge in [-0.15, -0.1) is 0 Å². The van der Waals surface area contributed by atoms with Crippen LogP contribution in [0.15, 0.2) is 70.0 Å². The topological polar surface area (TPSA) is 119 Å². The Morgan fingerprint density at radius 3 is 2.41 bits per heavy atom. The predicted octanol–water partition coefficient (Wildman–Crippen LogP) is 7.41. The van der Waals surface area contributed by atoms with Gasteiger partial charge in [-0.05, 0) is 72.3 Å². The third-order valence-electron chi connectivity index (χ3n) is 5.78. The number of hydrogen-bond donors (Lipinski definition) is 1. The molecule has 212 valence electrons. The van der Waals surface area contributed by atoms with E-state index in [0.717, 1.165) is 23.0 Å². The van der Waals surface area contributed by atoms with Crippen LogP contribution < -0.4 is 10.1 Å². The molecule has 1 saturated heterocycles. The Hall–Kier alpha value is -4.17. The average Bonchev–Trinajstić information content (AvgIpc) is 3.17. The number of nitro benzene ring substituents is 1. The van der Waals surface area contributed by atoms with Crippen molar-refractivity contribution < 1.29 is 37.2 Å². The molecule has 9 nitrogen and oxygen atoms in total. The summed E-state index contributed by atoms with van der Waals surface area (Å²) < 4.78 is 45.4. The van der Waals surface area contributed by atoms with Crippen LogP contribution in [0.2, 0.25) is 0 Å². The van der Waals surface area contributed by atoms with Gasteiger partial charge in [-0.25, -0.2) is 0 Å². The molecule has 41 heavy (non-hydrogen) atoms. The lowest BCUT2D eigenvalue weighted by Gasteiger charge is -2.13. The number of aryl methyl sites for hydroxylation is 1. The number of amides is 3. The first-order valence-electron chi connectivity index (χ1n) is 11.8. The van der Waals surface area contributed by atoms with Gasteiger partial charge >= 0.3 is 11.9 Å². The highest BCUT2D eigenvalue weighted by Crippen LogP contribution is 2.40. The highest BCUT2D eigenvalue weighted by Gasteiger charge is 2.37. The summed E-state index contributed by atoms with van der Waals surface area (Å²) in [6.07, 6.45) is -2.68. The number of imide groups is 1. The van der Waals surface area contributed by atoms with Crippen molar-refractivity contribution in [3.8, 4) is 11.5 Å². The minimum atomic E-state index is -4.80. The average molecular weight is 650 g/mol. The van der Waals surface area contributed by atoms with E-state index in [1.54, 1.807) is 12.1 Å². The van der Waals surface area contributed by atoms with Gasteiger partial charge in [-0.1, -0.05) is 35.0 Å². The number of benzene rings is 3. The van der Waals surface area contributed by atoms with Gasteiger partial charge in [0.25, 0.3) is 11.1 Å². The van der Waals surface area contributed by atoms with Crippen LogP contribution in [0.25, 0.3) is 6.08 Å². The first-order chi connectivity index (χ1) is 19.3. The molecule has 0 spiro atoms. The van der Waals surface area contributed by atoms with Crippen molar-refractivity contribution in [2.75, 3.05) is 11.9 Å². The van der Waals surface area contributed by atoms with Gasteiger partial charge in [0, 0.05) is 21.8 Å². The molecule has 1 heterocycles. The molecule has 14 heteroatoms. The van der Waals surface area contributed by atoms with E-state index in [1.165, 1.54) is 24.3 Å². The maximum Gasteiger partial charge on any atom is 0.416 e. The number of ether oxygens (including phenoxy) is 1. The van der Waals surface area contributed by atoms with E-state index in [-0.39, 0.29) is 16.2 Å². The summed E-state index contributed by atoms with van der Waals surface area (Å²) in [7, 11) is 0. The second-order valence-electron chi connectivity index (χ2n) is 8.59. The smallest absolute Gasteiger partial charge is 0.416 e. The molecule has 3 amide bonds. The van der Waals surface area contributed by atoms with Crippen molar-refractivity contribution in [1.29, 1.82) is 0 Å². The van der Waals surface area contributed by atoms with Gasteiger partial charge in [-0.2, -0.15) is 13.2 Å². The monoisotopic (exact) mass is 649 g/mol. The first-order valence-corrected chi connectivity index (χ1v) is 13.4. The van der Waals surface area contributed by atoms with Crippen molar-refractivity contribution >= 4 is 62.2 Å². The number of nitrogens with zero attached hydrogens (tertiary/aromatic N) is 2. The van der Waals surface area contributed by atoms with E-state index in [9.17, 15) is 37.7 Å². The zero-order valence-corrected chi connectivity index (χ0v) is 23.4. The Kier molecular flexibility index (Phi) is 8.83. The van der Waals surface area contributed by atoms with Gasteiger partial charge < -0.3 is 10.1 Å². The van der Waals surface area contributed by atoms with E-state index in [4.69, 9.17) is 4.74 Å². The fraction of sp³-hybridized carbons (Fsp3) is 0.148. The van der Waals surface area contributed by atoms with Gasteiger partial charge in [0.15, 0.2) is 0 Å². The Labute approximate surface area is 243 Å². The highest BCUT2D eigenvalue weighted by atomic mass is 79.9. The van der Waals surface area contributed by atoms with Crippen LogP contribution in [0.3, 0.4) is 0 Å². The molecule has 0 bridgehead atoms. The molecule has 0 atom stereocenters. The number of rotatable bonds is 8.